The van der Waals surface area contributed by atoms with E-state index < -0.39 is 5.54 Å². The van der Waals surface area contributed by atoms with Crippen LogP contribution in [0, 0.1) is 0 Å². The number of benzene rings is 2. The van der Waals surface area contributed by atoms with Gasteiger partial charge in [0.25, 0.3) is 0 Å². The Hall–Kier alpha value is -2.80. The van der Waals surface area contributed by atoms with E-state index in [9.17, 15) is 5.11 Å². The predicted molar refractivity (Wildman–Crippen MR) is 103 cm³/mol. The summed E-state index contributed by atoms with van der Waals surface area (Å²) in [5.74, 6) is 2.47. The van der Waals surface area contributed by atoms with Crippen LogP contribution in [-0.4, -0.2) is 45.7 Å². The molecule has 0 bridgehead atoms. The summed E-state index contributed by atoms with van der Waals surface area (Å²) in [6.07, 6.45) is 0.487. The van der Waals surface area contributed by atoms with Gasteiger partial charge in [0.2, 0.25) is 0 Å². The average Bonchev–Trinajstić information content (AvgIpc) is 2.71. The Balaban J connectivity index is 2.23. The highest BCUT2D eigenvalue weighted by molar-refractivity contribution is 5.51. The van der Waals surface area contributed by atoms with Gasteiger partial charge in [-0.25, -0.2) is 0 Å². The van der Waals surface area contributed by atoms with Gasteiger partial charge in [-0.15, -0.1) is 0 Å². The fourth-order valence-corrected chi connectivity index (χ4v) is 2.62. The number of hydrogen-bond donors (Lipinski definition) is 1. The van der Waals surface area contributed by atoms with Gasteiger partial charge in [0, 0.05) is 12.5 Å². The van der Waals surface area contributed by atoms with Gasteiger partial charge >= 0.3 is 0 Å². The van der Waals surface area contributed by atoms with Crippen molar-refractivity contribution in [3.05, 3.63) is 42.0 Å². The van der Waals surface area contributed by atoms with E-state index in [1.165, 1.54) is 0 Å². The van der Waals surface area contributed by atoms with E-state index >= 15 is 0 Å². The predicted octanol–water partition coefficient (Wildman–Crippen LogP) is 3.80. The highest BCUT2D eigenvalue weighted by Gasteiger charge is 2.24. The molecule has 0 heterocycles. The molecule has 1 N–H and O–H groups in total. The smallest absolute Gasteiger partial charge is 0.162 e. The molecule has 2 aromatic carbocycles. The summed E-state index contributed by atoms with van der Waals surface area (Å²) in [5, 5.41) is 18.5. The number of azo groups is 1. The molecule has 27 heavy (non-hydrogen) atoms. The number of ether oxygens (including phenoxy) is 4. The van der Waals surface area contributed by atoms with Gasteiger partial charge in [0.1, 0.15) is 5.54 Å². The van der Waals surface area contributed by atoms with Gasteiger partial charge in [0.15, 0.2) is 23.0 Å². The molecule has 0 saturated heterocycles. The molecule has 0 aliphatic rings. The second-order valence-electron chi connectivity index (χ2n) is 6.26. The topological polar surface area (TPSA) is 81.9 Å². The molecule has 146 valence electrons. The molecule has 1 atom stereocenters. The fraction of sp³-hybridized carbons (Fsp3) is 0.400. The van der Waals surface area contributed by atoms with Gasteiger partial charge in [-0.2, -0.15) is 10.2 Å². The van der Waals surface area contributed by atoms with Gasteiger partial charge in [0.05, 0.1) is 40.7 Å². The van der Waals surface area contributed by atoms with Gasteiger partial charge < -0.3 is 24.1 Å². The molecule has 0 amide bonds. The van der Waals surface area contributed by atoms with Crippen LogP contribution in [0.15, 0.2) is 46.6 Å². The summed E-state index contributed by atoms with van der Waals surface area (Å²) in [6.45, 7) is 1.69. The first-order valence-electron chi connectivity index (χ1n) is 8.45. The van der Waals surface area contributed by atoms with Crippen molar-refractivity contribution >= 4 is 5.69 Å². The van der Waals surface area contributed by atoms with Crippen molar-refractivity contribution in [3.8, 4) is 23.0 Å². The quantitative estimate of drug-likeness (QED) is 0.675. The van der Waals surface area contributed by atoms with Crippen LogP contribution >= 0.6 is 0 Å². The van der Waals surface area contributed by atoms with Crippen LogP contribution in [0.25, 0.3) is 0 Å². The van der Waals surface area contributed by atoms with Crippen molar-refractivity contribution in [2.75, 3.05) is 35.0 Å². The Morgan fingerprint density at radius 2 is 1.37 bits per heavy atom. The lowest BCUT2D eigenvalue weighted by Crippen LogP contribution is -2.29. The molecule has 7 nitrogen and oxygen atoms in total. The first kappa shape index (κ1) is 20.5. The lowest BCUT2D eigenvalue weighted by Gasteiger charge is -2.21. The molecule has 0 aliphatic heterocycles. The summed E-state index contributed by atoms with van der Waals surface area (Å²) in [7, 11) is 6.31. The summed E-state index contributed by atoms with van der Waals surface area (Å²) in [6, 6.07) is 10.9. The summed E-state index contributed by atoms with van der Waals surface area (Å²) < 4.78 is 21.1. The zero-order chi connectivity index (χ0) is 19.9. The third-order valence-corrected chi connectivity index (χ3v) is 4.15. The van der Waals surface area contributed by atoms with Crippen molar-refractivity contribution in [1.29, 1.82) is 0 Å². The number of nitrogens with zero attached hydrogens (tertiary/aromatic N) is 2. The molecule has 0 spiro atoms. The minimum atomic E-state index is -0.785. The molecule has 0 aromatic heterocycles. The van der Waals surface area contributed by atoms with E-state index in [0.29, 0.717) is 35.1 Å². The van der Waals surface area contributed by atoms with Crippen molar-refractivity contribution in [3.63, 3.8) is 0 Å². The largest absolute Gasteiger partial charge is 0.493 e. The summed E-state index contributed by atoms with van der Waals surface area (Å²) >= 11 is 0. The summed E-state index contributed by atoms with van der Waals surface area (Å²) in [4.78, 5) is 0. The van der Waals surface area contributed by atoms with E-state index in [2.05, 4.69) is 10.2 Å². The summed E-state index contributed by atoms with van der Waals surface area (Å²) in [5.41, 5.74) is 0.780. The van der Waals surface area contributed by atoms with E-state index in [1.807, 2.05) is 25.1 Å². The Labute approximate surface area is 159 Å². The molecular formula is C20H26N2O5. The molecule has 2 aromatic rings. The number of aliphatic hydroxyl groups excluding tert-OH is 1. The standard InChI is InChI=1S/C20H26N2O5/c1-20(13-23,12-14-6-8-16(24-2)18(10-14)26-4)22-21-15-7-9-17(25-3)19(11-15)27-5/h6-11,23H,12-13H2,1-5H3/t20-/m1/s1. The maximum Gasteiger partial charge on any atom is 0.162 e. The zero-order valence-electron chi connectivity index (χ0n) is 16.4. The van der Waals surface area contributed by atoms with Crippen LogP contribution in [-0.2, 0) is 6.42 Å². The van der Waals surface area contributed by atoms with E-state index in [-0.39, 0.29) is 6.61 Å². The van der Waals surface area contributed by atoms with Crippen LogP contribution in [0.5, 0.6) is 23.0 Å². The number of methoxy groups -OCH3 is 4. The van der Waals surface area contributed by atoms with Crippen LogP contribution in [0.1, 0.15) is 12.5 Å². The average molecular weight is 374 g/mol. The van der Waals surface area contributed by atoms with E-state index in [0.717, 1.165) is 5.56 Å². The first-order chi connectivity index (χ1) is 13.0. The van der Waals surface area contributed by atoms with Crippen molar-refractivity contribution in [2.24, 2.45) is 10.2 Å². The second-order valence-corrected chi connectivity index (χ2v) is 6.26. The fourth-order valence-electron chi connectivity index (χ4n) is 2.62. The minimum Gasteiger partial charge on any atom is -0.493 e. The van der Waals surface area contributed by atoms with Crippen molar-refractivity contribution < 1.29 is 24.1 Å². The Morgan fingerprint density at radius 1 is 0.815 bits per heavy atom. The molecule has 0 radical (unpaired) electrons. The Bertz CT molecular complexity index is 794. The maximum atomic E-state index is 9.88. The SMILES string of the molecule is COc1ccc(C[C@](C)(CO)N=Nc2ccc(OC)c(OC)c2)cc1OC. The minimum absolute atomic E-state index is 0.155. The molecule has 7 heteroatoms. The van der Waals surface area contributed by atoms with Crippen LogP contribution in [0.2, 0.25) is 0 Å². The molecule has 0 fully saturated rings. The highest BCUT2D eigenvalue weighted by Crippen LogP contribution is 2.33. The molecule has 0 unspecified atom stereocenters. The molecular weight excluding hydrogens is 348 g/mol. The van der Waals surface area contributed by atoms with Crippen LogP contribution in [0.3, 0.4) is 0 Å². The number of rotatable bonds is 9. The monoisotopic (exact) mass is 374 g/mol. The number of hydrogen-bond acceptors (Lipinski definition) is 7. The first-order valence-corrected chi connectivity index (χ1v) is 8.45. The maximum absolute atomic E-state index is 9.88. The zero-order valence-corrected chi connectivity index (χ0v) is 16.4. The van der Waals surface area contributed by atoms with Crippen molar-refractivity contribution in [2.45, 2.75) is 18.9 Å². The molecule has 2 rings (SSSR count). The lowest BCUT2D eigenvalue weighted by atomic mass is 9.94. The lowest BCUT2D eigenvalue weighted by molar-refractivity contribution is 0.204. The normalized spacial score (nSPS) is 13.3. The van der Waals surface area contributed by atoms with Crippen LogP contribution < -0.4 is 18.9 Å². The van der Waals surface area contributed by atoms with Gasteiger partial charge in [-0.1, -0.05) is 6.07 Å². The third-order valence-electron chi connectivity index (χ3n) is 4.15. The highest BCUT2D eigenvalue weighted by atomic mass is 16.5. The number of aliphatic hydroxyl groups is 1. The third kappa shape index (κ3) is 5.10. The van der Waals surface area contributed by atoms with Gasteiger partial charge in [-0.3, -0.25) is 0 Å². The second kappa shape index (κ2) is 9.23. The Kier molecular flexibility index (Phi) is 7.01. The van der Waals surface area contributed by atoms with Crippen LogP contribution in [0.4, 0.5) is 5.69 Å². The van der Waals surface area contributed by atoms with E-state index in [1.54, 1.807) is 46.6 Å². The molecule has 0 saturated carbocycles. The Morgan fingerprint density at radius 3 is 1.93 bits per heavy atom. The van der Waals surface area contributed by atoms with Crippen molar-refractivity contribution in [1.82, 2.24) is 0 Å². The van der Waals surface area contributed by atoms with E-state index in [4.69, 9.17) is 18.9 Å². The molecule has 0 aliphatic carbocycles. The van der Waals surface area contributed by atoms with Gasteiger partial charge in [-0.05, 0) is 36.8 Å².